The van der Waals surface area contributed by atoms with Crippen molar-refractivity contribution in [3.05, 3.63) is 0 Å². The largest absolute Gasteiger partial charge is 0.444 e. The summed E-state index contributed by atoms with van der Waals surface area (Å²) in [7, 11) is 3.90. The van der Waals surface area contributed by atoms with Gasteiger partial charge in [-0.3, -0.25) is 4.99 Å². The highest BCUT2D eigenvalue weighted by atomic mass is 16.6. The molecule has 0 aromatic rings. The Balaban J connectivity index is 2.25. The number of nitrogens with zero attached hydrogens (tertiary/aromatic N) is 3. The van der Waals surface area contributed by atoms with Crippen LogP contribution < -0.4 is 10.6 Å². The first-order valence-corrected chi connectivity index (χ1v) is 8.81. The summed E-state index contributed by atoms with van der Waals surface area (Å²) in [4.78, 5) is 20.2. The average molecular weight is 342 g/mol. The molecule has 1 fully saturated rings. The Kier molecular flexibility index (Phi) is 7.79. The second-order valence-corrected chi connectivity index (χ2v) is 7.46. The molecule has 1 heterocycles. The van der Waals surface area contributed by atoms with Crippen molar-refractivity contribution >= 4 is 12.1 Å². The Hall–Kier alpha value is -1.50. The maximum atomic E-state index is 11.9. The van der Waals surface area contributed by atoms with E-state index in [0.29, 0.717) is 19.1 Å². The minimum atomic E-state index is -0.450. The lowest BCUT2D eigenvalue weighted by Gasteiger charge is -2.40. The van der Waals surface area contributed by atoms with Crippen LogP contribution in [-0.4, -0.2) is 79.8 Å². The molecule has 1 aliphatic rings. The number of hydrogen-bond donors (Lipinski definition) is 2. The molecular weight excluding hydrogens is 306 g/mol. The predicted octanol–water partition coefficient (Wildman–Crippen LogP) is 1.50. The van der Waals surface area contributed by atoms with E-state index < -0.39 is 5.60 Å². The number of rotatable bonds is 6. The van der Waals surface area contributed by atoms with Crippen LogP contribution in [0.1, 0.15) is 41.0 Å². The van der Waals surface area contributed by atoms with Crippen molar-refractivity contribution < 1.29 is 9.53 Å². The SMILES string of the molecule is CCC(C)N(C)CCNC(=NC)NC1CN(C(=O)OC(C)(C)C)C1. The van der Waals surface area contributed by atoms with Crippen molar-refractivity contribution in [1.29, 1.82) is 0 Å². The van der Waals surface area contributed by atoms with Crippen LogP contribution in [0.25, 0.3) is 0 Å². The molecule has 7 heteroatoms. The molecule has 0 aromatic heterocycles. The molecule has 24 heavy (non-hydrogen) atoms. The normalized spacial score (nSPS) is 17.5. The van der Waals surface area contributed by atoms with Crippen LogP contribution in [0.5, 0.6) is 0 Å². The molecule has 1 unspecified atom stereocenters. The van der Waals surface area contributed by atoms with Gasteiger partial charge in [0.15, 0.2) is 5.96 Å². The second kappa shape index (κ2) is 9.11. The third-order valence-electron chi connectivity index (χ3n) is 4.20. The molecule has 140 valence electrons. The molecule has 1 saturated heterocycles. The molecule has 1 aliphatic heterocycles. The Morgan fingerprint density at radius 2 is 2.04 bits per heavy atom. The summed E-state index contributed by atoms with van der Waals surface area (Å²) in [5.74, 6) is 0.779. The Bertz CT molecular complexity index is 427. The lowest BCUT2D eigenvalue weighted by atomic mass is 10.1. The van der Waals surface area contributed by atoms with Crippen molar-refractivity contribution in [2.24, 2.45) is 4.99 Å². The molecule has 0 aliphatic carbocycles. The highest BCUT2D eigenvalue weighted by molar-refractivity contribution is 5.80. The predicted molar refractivity (Wildman–Crippen MR) is 98.5 cm³/mol. The monoisotopic (exact) mass is 341 g/mol. The van der Waals surface area contributed by atoms with E-state index in [0.717, 1.165) is 25.5 Å². The summed E-state index contributed by atoms with van der Waals surface area (Å²) in [6.45, 7) is 13.1. The molecule has 0 aromatic carbocycles. The van der Waals surface area contributed by atoms with Crippen LogP contribution in [0.3, 0.4) is 0 Å². The van der Waals surface area contributed by atoms with Crippen LogP contribution in [0.2, 0.25) is 0 Å². The lowest BCUT2D eigenvalue weighted by Crippen LogP contribution is -2.63. The van der Waals surface area contributed by atoms with Crippen LogP contribution in [0.4, 0.5) is 4.79 Å². The molecular formula is C17H35N5O2. The molecule has 7 nitrogen and oxygen atoms in total. The molecule has 0 saturated carbocycles. The van der Waals surface area contributed by atoms with Gasteiger partial charge in [0.1, 0.15) is 5.60 Å². The number of guanidine groups is 1. The van der Waals surface area contributed by atoms with Crippen molar-refractivity contribution in [3.8, 4) is 0 Å². The average Bonchev–Trinajstić information content (AvgIpc) is 2.45. The van der Waals surface area contributed by atoms with Crippen LogP contribution in [-0.2, 0) is 4.74 Å². The summed E-state index contributed by atoms with van der Waals surface area (Å²) in [5.41, 5.74) is -0.450. The van der Waals surface area contributed by atoms with Crippen molar-refractivity contribution in [3.63, 3.8) is 0 Å². The van der Waals surface area contributed by atoms with E-state index >= 15 is 0 Å². The summed E-state index contributed by atoms with van der Waals surface area (Å²) in [6.07, 6.45) is 0.894. The minimum absolute atomic E-state index is 0.219. The van der Waals surface area contributed by atoms with E-state index in [1.165, 1.54) is 0 Å². The summed E-state index contributed by atoms with van der Waals surface area (Å²) in [5, 5.41) is 6.66. The van der Waals surface area contributed by atoms with Gasteiger partial charge in [-0.15, -0.1) is 0 Å². The highest BCUT2D eigenvalue weighted by Crippen LogP contribution is 2.15. The van der Waals surface area contributed by atoms with Gasteiger partial charge in [0.2, 0.25) is 0 Å². The number of hydrogen-bond acceptors (Lipinski definition) is 4. The minimum Gasteiger partial charge on any atom is -0.444 e. The maximum Gasteiger partial charge on any atom is 0.410 e. The molecule has 0 bridgehead atoms. The summed E-state index contributed by atoms with van der Waals surface area (Å²) >= 11 is 0. The standard InChI is InChI=1S/C17H35N5O2/c1-8-13(2)21(7)10-9-19-15(18-6)20-14-11-22(12-14)16(23)24-17(3,4)5/h13-14H,8-12H2,1-7H3,(H2,18,19,20). The summed E-state index contributed by atoms with van der Waals surface area (Å²) < 4.78 is 5.35. The number of ether oxygens (including phenoxy) is 1. The van der Waals surface area contributed by atoms with Gasteiger partial charge in [0.05, 0.1) is 6.04 Å². The third-order valence-corrected chi connectivity index (χ3v) is 4.20. The number of nitrogens with one attached hydrogen (secondary N) is 2. The van der Waals surface area contributed by atoms with E-state index in [9.17, 15) is 4.79 Å². The van der Waals surface area contributed by atoms with Gasteiger partial charge in [0.25, 0.3) is 0 Å². The fourth-order valence-corrected chi connectivity index (χ4v) is 2.32. The van der Waals surface area contributed by atoms with Gasteiger partial charge in [0, 0.05) is 39.3 Å². The van der Waals surface area contributed by atoms with Gasteiger partial charge in [-0.25, -0.2) is 4.79 Å². The smallest absolute Gasteiger partial charge is 0.410 e. The zero-order valence-corrected chi connectivity index (χ0v) is 16.3. The Morgan fingerprint density at radius 3 is 2.54 bits per heavy atom. The van der Waals surface area contributed by atoms with E-state index in [-0.39, 0.29) is 12.1 Å². The highest BCUT2D eigenvalue weighted by Gasteiger charge is 2.34. The van der Waals surface area contributed by atoms with E-state index in [1.807, 2.05) is 20.8 Å². The van der Waals surface area contributed by atoms with Crippen LogP contribution in [0.15, 0.2) is 4.99 Å². The first-order valence-electron chi connectivity index (χ1n) is 8.81. The van der Waals surface area contributed by atoms with Crippen LogP contribution in [0, 0.1) is 0 Å². The molecule has 2 N–H and O–H groups in total. The Morgan fingerprint density at radius 1 is 1.42 bits per heavy atom. The van der Waals surface area contributed by atoms with Crippen molar-refractivity contribution in [2.75, 3.05) is 40.3 Å². The van der Waals surface area contributed by atoms with Gasteiger partial charge >= 0.3 is 6.09 Å². The second-order valence-electron chi connectivity index (χ2n) is 7.46. The van der Waals surface area contributed by atoms with Gasteiger partial charge in [-0.1, -0.05) is 6.92 Å². The third kappa shape index (κ3) is 6.95. The topological polar surface area (TPSA) is 69.2 Å². The molecule has 0 radical (unpaired) electrons. The van der Waals surface area contributed by atoms with Crippen molar-refractivity contribution in [1.82, 2.24) is 20.4 Å². The fraction of sp³-hybridized carbons (Fsp3) is 0.882. The number of amides is 1. The van der Waals surface area contributed by atoms with Crippen molar-refractivity contribution in [2.45, 2.75) is 58.7 Å². The fourth-order valence-electron chi connectivity index (χ4n) is 2.32. The summed E-state index contributed by atoms with van der Waals surface area (Å²) in [6, 6.07) is 0.798. The zero-order chi connectivity index (χ0) is 18.3. The first kappa shape index (κ1) is 20.5. The lowest BCUT2D eigenvalue weighted by molar-refractivity contribution is 0.00701. The van der Waals surface area contributed by atoms with Gasteiger partial charge in [-0.2, -0.15) is 0 Å². The molecule has 1 rings (SSSR count). The van der Waals surface area contributed by atoms with E-state index in [2.05, 4.69) is 41.4 Å². The van der Waals surface area contributed by atoms with Crippen LogP contribution >= 0.6 is 0 Å². The number of aliphatic imine (C=N–C) groups is 1. The number of likely N-dealkylation sites (tertiary alicyclic amines) is 1. The van der Waals surface area contributed by atoms with E-state index in [4.69, 9.17) is 4.74 Å². The van der Waals surface area contributed by atoms with Gasteiger partial charge < -0.3 is 25.2 Å². The maximum absolute atomic E-state index is 11.9. The molecule has 1 amide bonds. The first-order chi connectivity index (χ1) is 11.2. The quantitative estimate of drug-likeness (QED) is 0.566. The van der Waals surface area contributed by atoms with E-state index in [1.54, 1.807) is 11.9 Å². The zero-order valence-electron chi connectivity index (χ0n) is 16.3. The number of carbonyl (C=O) groups excluding carboxylic acids is 1. The number of carbonyl (C=O) groups is 1. The molecule has 0 spiro atoms. The van der Waals surface area contributed by atoms with Gasteiger partial charge in [-0.05, 0) is 41.2 Å². The number of likely N-dealkylation sites (N-methyl/N-ethyl adjacent to an activating group) is 1. The molecule has 1 atom stereocenters. The Labute approximate surface area is 146 Å².